The molecule has 2 rings (SSSR count). The lowest BCUT2D eigenvalue weighted by molar-refractivity contribution is 0.176. The van der Waals surface area contributed by atoms with Gasteiger partial charge in [0.25, 0.3) is 0 Å². The summed E-state index contributed by atoms with van der Waals surface area (Å²) in [6, 6.07) is 0. The standard InChI is InChI=1S/C12H24N4/c1-2-3-7-15-8-10-16(11-9-15)12-13-5-4-6-14-12/h2-11H2,1H3,(H,13,14). The van der Waals surface area contributed by atoms with Crippen molar-refractivity contribution in [1.82, 2.24) is 15.1 Å². The minimum atomic E-state index is 0.998. The van der Waals surface area contributed by atoms with Crippen LogP contribution in [0.5, 0.6) is 0 Å². The fourth-order valence-electron chi connectivity index (χ4n) is 2.30. The molecule has 4 nitrogen and oxygen atoms in total. The molecule has 92 valence electrons. The lowest BCUT2D eigenvalue weighted by Crippen LogP contribution is -2.53. The van der Waals surface area contributed by atoms with Gasteiger partial charge in [0.15, 0.2) is 5.96 Å². The molecule has 4 heteroatoms. The van der Waals surface area contributed by atoms with Crippen molar-refractivity contribution in [1.29, 1.82) is 0 Å². The molecule has 0 bridgehead atoms. The molecule has 0 radical (unpaired) electrons. The van der Waals surface area contributed by atoms with Gasteiger partial charge in [-0.3, -0.25) is 9.89 Å². The van der Waals surface area contributed by atoms with Crippen LogP contribution >= 0.6 is 0 Å². The van der Waals surface area contributed by atoms with Crippen LogP contribution in [0.15, 0.2) is 4.99 Å². The first kappa shape index (κ1) is 11.7. The highest BCUT2D eigenvalue weighted by Gasteiger charge is 2.19. The van der Waals surface area contributed by atoms with Gasteiger partial charge in [-0.1, -0.05) is 13.3 Å². The molecule has 2 aliphatic heterocycles. The van der Waals surface area contributed by atoms with Crippen molar-refractivity contribution in [3.63, 3.8) is 0 Å². The molecular weight excluding hydrogens is 200 g/mol. The largest absolute Gasteiger partial charge is 0.356 e. The van der Waals surface area contributed by atoms with Gasteiger partial charge in [0.1, 0.15) is 0 Å². The lowest BCUT2D eigenvalue weighted by atomic mass is 10.2. The highest BCUT2D eigenvalue weighted by molar-refractivity contribution is 5.80. The van der Waals surface area contributed by atoms with Crippen LogP contribution in [0.1, 0.15) is 26.2 Å². The van der Waals surface area contributed by atoms with E-state index >= 15 is 0 Å². The van der Waals surface area contributed by atoms with Gasteiger partial charge in [-0.2, -0.15) is 0 Å². The van der Waals surface area contributed by atoms with Gasteiger partial charge in [-0.15, -0.1) is 0 Å². The molecule has 0 unspecified atom stereocenters. The number of nitrogens with one attached hydrogen (secondary N) is 1. The molecule has 16 heavy (non-hydrogen) atoms. The summed E-state index contributed by atoms with van der Waals surface area (Å²) in [6.07, 6.45) is 3.81. The van der Waals surface area contributed by atoms with Crippen LogP contribution < -0.4 is 5.32 Å². The molecule has 0 spiro atoms. The first-order chi connectivity index (χ1) is 7.90. The Bertz CT molecular complexity index is 231. The van der Waals surface area contributed by atoms with E-state index in [-0.39, 0.29) is 0 Å². The van der Waals surface area contributed by atoms with Gasteiger partial charge in [-0.05, 0) is 19.4 Å². The third kappa shape index (κ3) is 3.11. The predicted octanol–water partition coefficient (Wildman–Crippen LogP) is 0.753. The number of nitrogens with zero attached hydrogens (tertiary/aromatic N) is 3. The van der Waals surface area contributed by atoms with Gasteiger partial charge >= 0.3 is 0 Å². The van der Waals surface area contributed by atoms with E-state index in [2.05, 4.69) is 27.0 Å². The molecule has 1 fully saturated rings. The van der Waals surface area contributed by atoms with Gasteiger partial charge in [0.2, 0.25) is 0 Å². The van der Waals surface area contributed by atoms with Crippen LogP contribution in [0.3, 0.4) is 0 Å². The summed E-state index contributed by atoms with van der Waals surface area (Å²) in [5.74, 6) is 1.14. The van der Waals surface area contributed by atoms with Crippen molar-refractivity contribution in [2.24, 2.45) is 4.99 Å². The quantitative estimate of drug-likeness (QED) is 0.767. The average molecular weight is 224 g/mol. The second kappa shape index (κ2) is 6.09. The van der Waals surface area contributed by atoms with E-state index in [0.717, 1.165) is 32.1 Å². The molecule has 0 saturated carbocycles. The minimum Gasteiger partial charge on any atom is -0.356 e. The molecule has 0 aromatic carbocycles. The van der Waals surface area contributed by atoms with Crippen LogP contribution in [0.2, 0.25) is 0 Å². The Balaban J connectivity index is 1.74. The van der Waals surface area contributed by atoms with Gasteiger partial charge in [0.05, 0.1) is 0 Å². The Morgan fingerprint density at radius 2 is 2.06 bits per heavy atom. The summed E-state index contributed by atoms with van der Waals surface area (Å²) < 4.78 is 0. The second-order valence-corrected chi connectivity index (χ2v) is 4.67. The van der Waals surface area contributed by atoms with E-state index in [1.807, 2.05) is 0 Å². The summed E-state index contributed by atoms with van der Waals surface area (Å²) in [5, 5.41) is 3.40. The van der Waals surface area contributed by atoms with Crippen molar-refractivity contribution in [3.05, 3.63) is 0 Å². The van der Waals surface area contributed by atoms with Gasteiger partial charge in [-0.25, -0.2) is 0 Å². The summed E-state index contributed by atoms with van der Waals surface area (Å²) in [4.78, 5) is 9.53. The zero-order valence-electron chi connectivity index (χ0n) is 10.4. The van der Waals surface area contributed by atoms with E-state index in [0.29, 0.717) is 0 Å². The number of rotatable bonds is 3. The van der Waals surface area contributed by atoms with Crippen LogP contribution in [-0.2, 0) is 0 Å². The fraction of sp³-hybridized carbons (Fsp3) is 0.917. The SMILES string of the molecule is CCCCN1CCN(C2=NCCCN2)CC1. The van der Waals surface area contributed by atoms with Crippen molar-refractivity contribution in [2.45, 2.75) is 26.2 Å². The van der Waals surface area contributed by atoms with Crippen LogP contribution in [0.25, 0.3) is 0 Å². The monoisotopic (exact) mass is 224 g/mol. The maximum atomic E-state index is 4.55. The normalized spacial score (nSPS) is 22.8. The van der Waals surface area contributed by atoms with E-state index in [9.17, 15) is 0 Å². The first-order valence-corrected chi connectivity index (χ1v) is 6.66. The van der Waals surface area contributed by atoms with E-state index < -0.39 is 0 Å². The summed E-state index contributed by atoms with van der Waals surface area (Å²) in [6.45, 7) is 10.3. The molecular formula is C12H24N4. The van der Waals surface area contributed by atoms with E-state index in [1.54, 1.807) is 0 Å². The number of hydrogen-bond acceptors (Lipinski definition) is 4. The Labute approximate surface area is 98.7 Å². The maximum absolute atomic E-state index is 4.55. The van der Waals surface area contributed by atoms with E-state index in [1.165, 1.54) is 38.9 Å². The Kier molecular flexibility index (Phi) is 4.45. The Morgan fingerprint density at radius 3 is 2.69 bits per heavy atom. The van der Waals surface area contributed by atoms with Crippen LogP contribution in [0, 0.1) is 0 Å². The topological polar surface area (TPSA) is 30.9 Å². The third-order valence-electron chi connectivity index (χ3n) is 3.38. The van der Waals surface area contributed by atoms with Gasteiger partial charge < -0.3 is 10.2 Å². The molecule has 1 N–H and O–H groups in total. The predicted molar refractivity (Wildman–Crippen MR) is 67.8 cm³/mol. The molecule has 2 heterocycles. The summed E-state index contributed by atoms with van der Waals surface area (Å²) >= 11 is 0. The third-order valence-corrected chi connectivity index (χ3v) is 3.38. The number of aliphatic imine (C=N–C) groups is 1. The van der Waals surface area contributed by atoms with Gasteiger partial charge in [0, 0.05) is 39.3 Å². The van der Waals surface area contributed by atoms with E-state index in [4.69, 9.17) is 0 Å². The highest BCUT2D eigenvalue weighted by Crippen LogP contribution is 2.05. The minimum absolute atomic E-state index is 0.998. The number of guanidine groups is 1. The zero-order valence-corrected chi connectivity index (χ0v) is 10.4. The molecule has 0 aromatic rings. The molecule has 0 aliphatic carbocycles. The maximum Gasteiger partial charge on any atom is 0.194 e. The molecule has 0 amide bonds. The fourth-order valence-corrected chi connectivity index (χ4v) is 2.30. The van der Waals surface area contributed by atoms with Crippen molar-refractivity contribution < 1.29 is 0 Å². The lowest BCUT2D eigenvalue weighted by Gasteiger charge is -2.37. The summed E-state index contributed by atoms with van der Waals surface area (Å²) in [7, 11) is 0. The molecule has 0 aromatic heterocycles. The Hall–Kier alpha value is -0.770. The molecule has 0 atom stereocenters. The molecule has 1 saturated heterocycles. The van der Waals surface area contributed by atoms with Crippen molar-refractivity contribution in [2.75, 3.05) is 45.8 Å². The zero-order chi connectivity index (χ0) is 11.2. The second-order valence-electron chi connectivity index (χ2n) is 4.67. The Morgan fingerprint density at radius 1 is 1.25 bits per heavy atom. The summed E-state index contributed by atoms with van der Waals surface area (Å²) in [5.41, 5.74) is 0. The number of hydrogen-bond donors (Lipinski definition) is 1. The van der Waals surface area contributed by atoms with Crippen LogP contribution in [0.4, 0.5) is 0 Å². The van der Waals surface area contributed by atoms with Crippen molar-refractivity contribution >= 4 is 5.96 Å². The van der Waals surface area contributed by atoms with Crippen LogP contribution in [-0.4, -0.2) is 61.6 Å². The highest BCUT2D eigenvalue weighted by atomic mass is 15.3. The smallest absolute Gasteiger partial charge is 0.194 e. The first-order valence-electron chi connectivity index (χ1n) is 6.66. The average Bonchev–Trinajstić information content (AvgIpc) is 2.38. The number of piperazine rings is 1. The molecule has 2 aliphatic rings. The number of unbranched alkanes of at least 4 members (excludes halogenated alkanes) is 1. The van der Waals surface area contributed by atoms with Crippen molar-refractivity contribution in [3.8, 4) is 0 Å².